The summed E-state index contributed by atoms with van der Waals surface area (Å²) < 4.78 is 28.0. The molecular formula is C24H30N4O15. The van der Waals surface area contributed by atoms with Crippen LogP contribution in [0.2, 0.25) is 0 Å². The number of nitrogens with one attached hydrogen (secondary N) is 2. The lowest BCUT2D eigenvalue weighted by molar-refractivity contribution is -0.166. The SMILES string of the molecule is CC(=O)OC[C@H]1O[C@@H](n2ccc(=O)[nH]c2=O)C(OC(C)=O)[C@H]1OC(C)=O.O=c1ccn([C@@H]2O[C@H](CO)[C@H](O)C2O)c(=O)[nH]1. The van der Waals surface area contributed by atoms with Gasteiger partial charge >= 0.3 is 29.3 Å². The predicted molar refractivity (Wildman–Crippen MR) is 137 cm³/mol. The van der Waals surface area contributed by atoms with Gasteiger partial charge in [-0.15, -0.1) is 0 Å². The van der Waals surface area contributed by atoms with Crippen LogP contribution < -0.4 is 22.5 Å². The highest BCUT2D eigenvalue weighted by atomic mass is 16.7. The van der Waals surface area contributed by atoms with E-state index in [9.17, 15) is 43.8 Å². The van der Waals surface area contributed by atoms with Gasteiger partial charge < -0.3 is 39.0 Å². The molecule has 43 heavy (non-hydrogen) atoms. The third kappa shape index (κ3) is 8.11. The van der Waals surface area contributed by atoms with Crippen molar-refractivity contribution < 1.29 is 53.4 Å². The molecule has 0 bridgehead atoms. The third-order valence-electron chi connectivity index (χ3n) is 6.11. The Kier molecular flexibility index (Phi) is 10.9. The zero-order chi connectivity index (χ0) is 32.0. The first-order chi connectivity index (χ1) is 20.2. The molecule has 19 nitrogen and oxygen atoms in total. The van der Waals surface area contributed by atoms with Crippen LogP contribution in [0.1, 0.15) is 33.2 Å². The van der Waals surface area contributed by atoms with Crippen molar-refractivity contribution in [3.05, 3.63) is 66.2 Å². The van der Waals surface area contributed by atoms with Crippen molar-refractivity contribution >= 4 is 17.9 Å². The maximum absolute atomic E-state index is 12.1. The van der Waals surface area contributed by atoms with Gasteiger partial charge in [-0.25, -0.2) is 9.59 Å². The van der Waals surface area contributed by atoms with E-state index in [4.69, 9.17) is 28.8 Å². The van der Waals surface area contributed by atoms with Crippen molar-refractivity contribution in [2.45, 2.75) is 69.9 Å². The molecule has 19 heteroatoms. The molecule has 4 heterocycles. The average Bonchev–Trinajstić information content (AvgIpc) is 3.38. The van der Waals surface area contributed by atoms with Crippen LogP contribution in [0.5, 0.6) is 0 Å². The molecule has 2 aromatic heterocycles. The third-order valence-corrected chi connectivity index (χ3v) is 6.11. The molecule has 4 rings (SSSR count). The second kappa shape index (κ2) is 14.2. The molecule has 2 saturated heterocycles. The molecule has 5 N–H and O–H groups in total. The minimum absolute atomic E-state index is 0.292. The first-order valence-corrected chi connectivity index (χ1v) is 12.6. The van der Waals surface area contributed by atoms with Crippen LogP contribution in [0.15, 0.2) is 43.7 Å². The number of hydrogen-bond acceptors (Lipinski definition) is 15. The van der Waals surface area contributed by atoms with E-state index >= 15 is 0 Å². The molecule has 2 fully saturated rings. The quantitative estimate of drug-likeness (QED) is 0.147. The number of carbonyl (C=O) groups excluding carboxylic acids is 3. The lowest BCUT2D eigenvalue weighted by atomic mass is 10.1. The first-order valence-electron chi connectivity index (χ1n) is 12.6. The molecule has 0 amide bonds. The summed E-state index contributed by atoms with van der Waals surface area (Å²) in [5, 5.41) is 28.1. The van der Waals surface area contributed by atoms with Gasteiger partial charge in [0.05, 0.1) is 6.61 Å². The predicted octanol–water partition coefficient (Wildman–Crippen LogP) is -3.99. The van der Waals surface area contributed by atoms with Gasteiger partial charge in [-0.05, 0) is 0 Å². The highest BCUT2D eigenvalue weighted by Crippen LogP contribution is 2.33. The van der Waals surface area contributed by atoms with Crippen molar-refractivity contribution in [1.82, 2.24) is 19.1 Å². The van der Waals surface area contributed by atoms with Gasteiger partial charge in [-0.1, -0.05) is 0 Å². The normalized spacial score (nSPS) is 28.0. The van der Waals surface area contributed by atoms with Crippen LogP contribution in [0.4, 0.5) is 0 Å². The summed E-state index contributed by atoms with van der Waals surface area (Å²) in [5.41, 5.74) is -2.76. The number of aliphatic hydroxyl groups excluding tert-OH is 3. The summed E-state index contributed by atoms with van der Waals surface area (Å²) in [7, 11) is 0. The number of carbonyl (C=O) groups is 3. The van der Waals surface area contributed by atoms with Crippen LogP contribution >= 0.6 is 0 Å². The first kappa shape index (κ1) is 33.1. The fraction of sp³-hybridized carbons (Fsp3) is 0.542. The van der Waals surface area contributed by atoms with Gasteiger partial charge in [0.15, 0.2) is 24.7 Å². The van der Waals surface area contributed by atoms with E-state index < -0.39 is 96.1 Å². The number of aromatic amines is 2. The Balaban J connectivity index is 0.000000257. The lowest BCUT2D eigenvalue weighted by Gasteiger charge is -2.23. The van der Waals surface area contributed by atoms with E-state index in [1.807, 2.05) is 9.97 Å². The molecule has 0 radical (unpaired) electrons. The van der Waals surface area contributed by atoms with E-state index in [2.05, 4.69) is 0 Å². The number of aromatic nitrogens is 4. The molecule has 0 aliphatic carbocycles. The van der Waals surface area contributed by atoms with E-state index in [-0.39, 0.29) is 6.61 Å². The van der Waals surface area contributed by atoms with Gasteiger partial charge in [-0.3, -0.25) is 43.1 Å². The standard InChI is InChI=1S/C15H18N2O9.C9H12N2O6/c1-7(18)23-6-10-12(24-8(2)19)13(25-9(3)20)14(26-10)17-5-4-11(21)16-15(17)22;12-3-4-6(14)7(15)8(17-4)11-2-1-5(13)10-9(11)16/h4-5,10,12-14H,6H2,1-3H3,(H,16,21,22);1-2,4,6-8,12,14-15H,3H2,(H,10,13,16)/t10-,12+,13?,14-;4-,6+,7?,8-/m11/s1. The molecule has 2 aromatic rings. The Morgan fingerprint density at radius 1 is 0.767 bits per heavy atom. The minimum atomic E-state index is -1.35. The zero-order valence-electron chi connectivity index (χ0n) is 23.0. The van der Waals surface area contributed by atoms with Crippen LogP contribution in [-0.2, 0) is 38.1 Å². The second-order valence-electron chi connectivity index (χ2n) is 9.28. The fourth-order valence-corrected chi connectivity index (χ4v) is 4.28. The lowest BCUT2D eigenvalue weighted by Crippen LogP contribution is -2.42. The number of hydrogen-bond donors (Lipinski definition) is 5. The van der Waals surface area contributed by atoms with Crippen molar-refractivity contribution in [2.75, 3.05) is 13.2 Å². The number of nitrogens with zero attached hydrogens (tertiary/aromatic N) is 2. The number of esters is 3. The highest BCUT2D eigenvalue weighted by molar-refractivity contribution is 5.68. The zero-order valence-corrected chi connectivity index (χ0v) is 23.0. The Morgan fingerprint density at radius 3 is 1.70 bits per heavy atom. The smallest absolute Gasteiger partial charge is 0.330 e. The molecule has 236 valence electrons. The Morgan fingerprint density at radius 2 is 1.26 bits per heavy atom. The van der Waals surface area contributed by atoms with E-state index in [0.717, 1.165) is 47.5 Å². The number of ether oxygens (including phenoxy) is 5. The Hall–Kier alpha value is -4.43. The largest absolute Gasteiger partial charge is 0.463 e. The summed E-state index contributed by atoms with van der Waals surface area (Å²) in [4.78, 5) is 83.6. The Bertz CT molecular complexity index is 1540. The maximum atomic E-state index is 12.1. The second-order valence-corrected chi connectivity index (χ2v) is 9.28. The van der Waals surface area contributed by atoms with Crippen molar-refractivity contribution in [1.29, 1.82) is 0 Å². The molecule has 0 spiro atoms. The average molecular weight is 615 g/mol. The van der Waals surface area contributed by atoms with E-state index in [0.29, 0.717) is 0 Å². The Labute approximate surface area is 240 Å². The van der Waals surface area contributed by atoms with Gasteiger partial charge in [0.1, 0.15) is 31.0 Å². The van der Waals surface area contributed by atoms with Crippen LogP contribution in [-0.4, -0.2) is 102 Å². The molecule has 8 atom stereocenters. The maximum Gasteiger partial charge on any atom is 0.330 e. The molecule has 2 aliphatic rings. The highest BCUT2D eigenvalue weighted by Gasteiger charge is 2.51. The number of aliphatic hydroxyl groups is 3. The van der Waals surface area contributed by atoms with Crippen molar-refractivity contribution in [2.24, 2.45) is 0 Å². The molecular weight excluding hydrogens is 584 g/mol. The van der Waals surface area contributed by atoms with Gasteiger partial charge in [0.2, 0.25) is 0 Å². The summed E-state index contributed by atoms with van der Waals surface area (Å²) in [5.74, 6) is -1.98. The van der Waals surface area contributed by atoms with Crippen LogP contribution in [0.25, 0.3) is 0 Å². The topological polar surface area (TPSA) is 268 Å². The summed E-state index contributed by atoms with van der Waals surface area (Å²) in [6, 6.07) is 2.17. The number of rotatable bonds is 7. The summed E-state index contributed by atoms with van der Waals surface area (Å²) >= 11 is 0. The van der Waals surface area contributed by atoms with Gasteiger partial charge in [0.25, 0.3) is 11.1 Å². The van der Waals surface area contributed by atoms with E-state index in [1.54, 1.807) is 0 Å². The van der Waals surface area contributed by atoms with Crippen LogP contribution in [0, 0.1) is 0 Å². The van der Waals surface area contributed by atoms with Crippen molar-refractivity contribution in [3.8, 4) is 0 Å². The summed E-state index contributed by atoms with van der Waals surface area (Å²) in [6.45, 7) is 2.69. The molecule has 0 aromatic carbocycles. The van der Waals surface area contributed by atoms with Crippen molar-refractivity contribution in [3.63, 3.8) is 0 Å². The fourth-order valence-electron chi connectivity index (χ4n) is 4.28. The monoisotopic (exact) mass is 614 g/mol. The molecule has 2 aliphatic heterocycles. The number of H-pyrrole nitrogens is 2. The van der Waals surface area contributed by atoms with Crippen LogP contribution in [0.3, 0.4) is 0 Å². The molecule has 0 saturated carbocycles. The van der Waals surface area contributed by atoms with Gasteiger partial charge in [0, 0.05) is 45.3 Å². The minimum Gasteiger partial charge on any atom is -0.463 e. The van der Waals surface area contributed by atoms with E-state index in [1.165, 1.54) is 6.92 Å². The van der Waals surface area contributed by atoms with Gasteiger partial charge in [-0.2, -0.15) is 0 Å². The summed E-state index contributed by atoms with van der Waals surface area (Å²) in [6.07, 6.45) is -6.94. The molecule has 2 unspecified atom stereocenters.